The second-order valence-corrected chi connectivity index (χ2v) is 4.47. The van der Waals surface area contributed by atoms with E-state index in [2.05, 4.69) is 11.9 Å². The third-order valence-corrected chi connectivity index (χ3v) is 1.59. The Morgan fingerprint density at radius 1 is 1.50 bits per heavy atom. The van der Waals surface area contributed by atoms with E-state index in [1.165, 1.54) is 0 Å². The topological polar surface area (TPSA) is 75.6 Å². The van der Waals surface area contributed by atoms with Gasteiger partial charge in [-0.25, -0.2) is 4.79 Å². The second-order valence-electron chi connectivity index (χ2n) is 4.47. The molecular formula is C11H19NO4. The van der Waals surface area contributed by atoms with E-state index in [1.54, 1.807) is 26.8 Å². The molecule has 5 nitrogen and oxygen atoms in total. The predicted molar refractivity (Wildman–Crippen MR) is 60.2 cm³/mol. The summed E-state index contributed by atoms with van der Waals surface area (Å²) in [6.07, 6.45) is 1.20. The number of hydrogen-bond donors (Lipinski definition) is 2. The highest BCUT2D eigenvalue weighted by Gasteiger charge is 2.20. The van der Waals surface area contributed by atoms with Crippen LogP contribution in [0.15, 0.2) is 12.7 Å². The molecule has 0 saturated heterocycles. The molecule has 0 aliphatic rings. The Morgan fingerprint density at radius 2 is 2.06 bits per heavy atom. The first-order chi connectivity index (χ1) is 7.24. The third-order valence-electron chi connectivity index (χ3n) is 1.59. The molecule has 0 rings (SSSR count). The quantitative estimate of drug-likeness (QED) is 0.706. The molecule has 0 fully saturated rings. The van der Waals surface area contributed by atoms with Crippen LogP contribution in [0.1, 0.15) is 33.6 Å². The Kier molecular flexibility index (Phi) is 5.56. The molecular weight excluding hydrogens is 210 g/mol. The van der Waals surface area contributed by atoms with Gasteiger partial charge in [-0.3, -0.25) is 4.79 Å². The Labute approximate surface area is 95.5 Å². The fourth-order valence-electron chi connectivity index (χ4n) is 1.08. The van der Waals surface area contributed by atoms with E-state index in [9.17, 15) is 9.59 Å². The molecule has 1 atom stereocenters. The number of aliphatic carboxylic acids is 1. The number of amides is 1. The Balaban J connectivity index is 4.22. The molecule has 0 unspecified atom stereocenters. The summed E-state index contributed by atoms with van der Waals surface area (Å²) < 4.78 is 5.02. The monoisotopic (exact) mass is 229 g/mol. The van der Waals surface area contributed by atoms with Crippen molar-refractivity contribution in [2.75, 3.05) is 0 Å². The lowest BCUT2D eigenvalue weighted by atomic mass is 10.1. The van der Waals surface area contributed by atoms with Gasteiger partial charge in [0, 0.05) is 6.04 Å². The molecule has 0 bridgehead atoms. The summed E-state index contributed by atoms with van der Waals surface area (Å²) in [7, 11) is 0. The molecule has 0 aromatic carbocycles. The van der Waals surface area contributed by atoms with Crippen LogP contribution in [0.5, 0.6) is 0 Å². The van der Waals surface area contributed by atoms with Gasteiger partial charge in [0.2, 0.25) is 0 Å². The van der Waals surface area contributed by atoms with Crippen molar-refractivity contribution in [3.63, 3.8) is 0 Å². The zero-order valence-corrected chi connectivity index (χ0v) is 9.95. The summed E-state index contributed by atoms with van der Waals surface area (Å²) in [4.78, 5) is 21.9. The molecule has 0 heterocycles. The average Bonchev–Trinajstić information content (AvgIpc) is 1.98. The number of rotatable bonds is 5. The first-order valence-electron chi connectivity index (χ1n) is 5.07. The van der Waals surface area contributed by atoms with E-state index in [-0.39, 0.29) is 6.42 Å². The van der Waals surface area contributed by atoms with Crippen LogP contribution >= 0.6 is 0 Å². The summed E-state index contributed by atoms with van der Waals surface area (Å²) in [6.45, 7) is 8.73. The van der Waals surface area contributed by atoms with Crippen molar-refractivity contribution >= 4 is 12.1 Å². The minimum absolute atomic E-state index is 0.148. The van der Waals surface area contributed by atoms with Crippen LogP contribution in [0.2, 0.25) is 0 Å². The van der Waals surface area contributed by atoms with Gasteiger partial charge in [0.05, 0.1) is 6.42 Å². The lowest BCUT2D eigenvalue weighted by Crippen LogP contribution is -2.40. The molecule has 0 aromatic heterocycles. The fourth-order valence-corrected chi connectivity index (χ4v) is 1.08. The third kappa shape index (κ3) is 7.84. The highest BCUT2D eigenvalue weighted by molar-refractivity contribution is 5.71. The van der Waals surface area contributed by atoms with E-state index >= 15 is 0 Å². The van der Waals surface area contributed by atoms with Crippen molar-refractivity contribution in [1.29, 1.82) is 0 Å². The molecule has 2 N–H and O–H groups in total. The number of carboxylic acids is 1. The van der Waals surface area contributed by atoms with Gasteiger partial charge in [-0.15, -0.1) is 6.58 Å². The largest absolute Gasteiger partial charge is 0.481 e. The van der Waals surface area contributed by atoms with Gasteiger partial charge in [0.15, 0.2) is 0 Å². The molecule has 16 heavy (non-hydrogen) atoms. The molecule has 92 valence electrons. The van der Waals surface area contributed by atoms with Gasteiger partial charge in [-0.2, -0.15) is 0 Å². The predicted octanol–water partition coefficient (Wildman–Crippen LogP) is 1.93. The summed E-state index contributed by atoms with van der Waals surface area (Å²) in [5.41, 5.74) is -0.591. The fraction of sp³-hybridized carbons (Fsp3) is 0.636. The summed E-state index contributed by atoms with van der Waals surface area (Å²) in [5, 5.41) is 11.1. The number of ether oxygens (including phenoxy) is 1. The minimum Gasteiger partial charge on any atom is -0.481 e. The molecule has 0 aliphatic heterocycles. The zero-order valence-electron chi connectivity index (χ0n) is 9.95. The van der Waals surface area contributed by atoms with Crippen LogP contribution in [-0.2, 0) is 9.53 Å². The maximum absolute atomic E-state index is 11.4. The number of carbonyl (C=O) groups is 2. The molecule has 0 spiro atoms. The number of carbonyl (C=O) groups excluding carboxylic acids is 1. The Morgan fingerprint density at radius 3 is 2.44 bits per heavy atom. The summed E-state index contributed by atoms with van der Waals surface area (Å²) in [6, 6.07) is -0.482. The van der Waals surface area contributed by atoms with E-state index in [0.29, 0.717) is 6.42 Å². The first kappa shape index (κ1) is 14.5. The second kappa shape index (κ2) is 6.15. The van der Waals surface area contributed by atoms with Crippen molar-refractivity contribution in [3.05, 3.63) is 12.7 Å². The van der Waals surface area contributed by atoms with E-state index in [0.717, 1.165) is 0 Å². The SMILES string of the molecule is C=CC[C@H](CC(=O)O)NC(=O)OC(C)(C)C. The van der Waals surface area contributed by atoms with Crippen molar-refractivity contribution in [2.45, 2.75) is 45.3 Å². The van der Waals surface area contributed by atoms with Gasteiger partial charge >= 0.3 is 12.1 Å². The van der Waals surface area contributed by atoms with E-state index < -0.39 is 23.7 Å². The lowest BCUT2D eigenvalue weighted by Gasteiger charge is -2.22. The van der Waals surface area contributed by atoms with Crippen molar-refractivity contribution in [2.24, 2.45) is 0 Å². The molecule has 0 saturated carbocycles. The smallest absolute Gasteiger partial charge is 0.407 e. The van der Waals surface area contributed by atoms with Gasteiger partial charge < -0.3 is 15.2 Å². The van der Waals surface area contributed by atoms with Crippen molar-refractivity contribution in [1.82, 2.24) is 5.32 Å². The number of carboxylic acid groups (broad SMARTS) is 1. The Bertz CT molecular complexity index is 268. The molecule has 0 aromatic rings. The molecule has 5 heteroatoms. The van der Waals surface area contributed by atoms with Gasteiger partial charge in [-0.05, 0) is 27.2 Å². The maximum Gasteiger partial charge on any atom is 0.407 e. The highest BCUT2D eigenvalue weighted by Crippen LogP contribution is 2.08. The molecule has 0 radical (unpaired) electrons. The minimum atomic E-state index is -0.970. The lowest BCUT2D eigenvalue weighted by molar-refractivity contribution is -0.137. The molecule has 0 aliphatic carbocycles. The number of nitrogens with one attached hydrogen (secondary N) is 1. The molecule has 1 amide bonds. The van der Waals surface area contributed by atoms with Crippen LogP contribution in [0.25, 0.3) is 0 Å². The van der Waals surface area contributed by atoms with E-state index in [1.807, 2.05) is 0 Å². The van der Waals surface area contributed by atoms with Crippen LogP contribution in [0, 0.1) is 0 Å². The summed E-state index contributed by atoms with van der Waals surface area (Å²) >= 11 is 0. The van der Waals surface area contributed by atoms with E-state index in [4.69, 9.17) is 9.84 Å². The highest BCUT2D eigenvalue weighted by atomic mass is 16.6. The zero-order chi connectivity index (χ0) is 12.8. The van der Waals surface area contributed by atoms with Crippen LogP contribution in [0.4, 0.5) is 4.79 Å². The normalized spacial score (nSPS) is 12.7. The average molecular weight is 229 g/mol. The number of hydrogen-bond acceptors (Lipinski definition) is 3. The van der Waals surface area contributed by atoms with Crippen LogP contribution < -0.4 is 5.32 Å². The van der Waals surface area contributed by atoms with Crippen molar-refractivity contribution in [3.8, 4) is 0 Å². The van der Waals surface area contributed by atoms with Gasteiger partial charge in [0.25, 0.3) is 0 Å². The standard InChI is InChI=1S/C11H19NO4/c1-5-6-8(7-9(13)14)12-10(15)16-11(2,3)4/h5,8H,1,6-7H2,2-4H3,(H,12,15)(H,13,14)/t8-/m1/s1. The number of alkyl carbamates (subject to hydrolysis) is 1. The Hall–Kier alpha value is -1.52. The maximum atomic E-state index is 11.4. The van der Waals surface area contributed by atoms with Crippen molar-refractivity contribution < 1.29 is 19.4 Å². The van der Waals surface area contributed by atoms with Gasteiger partial charge in [0.1, 0.15) is 5.60 Å². The van der Waals surface area contributed by atoms with Gasteiger partial charge in [-0.1, -0.05) is 6.08 Å². The summed E-state index contributed by atoms with van der Waals surface area (Å²) in [5.74, 6) is -0.970. The van der Waals surface area contributed by atoms with Crippen LogP contribution in [-0.4, -0.2) is 28.8 Å². The first-order valence-corrected chi connectivity index (χ1v) is 5.07. The van der Waals surface area contributed by atoms with Crippen LogP contribution in [0.3, 0.4) is 0 Å².